The van der Waals surface area contributed by atoms with E-state index in [1.807, 2.05) is 32.9 Å². The van der Waals surface area contributed by atoms with E-state index in [1.165, 1.54) is 17.7 Å². The van der Waals surface area contributed by atoms with Crippen LogP contribution in [0.15, 0.2) is 47.6 Å². The van der Waals surface area contributed by atoms with Crippen molar-refractivity contribution in [3.63, 3.8) is 0 Å². The molecule has 0 spiro atoms. The van der Waals surface area contributed by atoms with Gasteiger partial charge in [0, 0.05) is 11.1 Å². The van der Waals surface area contributed by atoms with Crippen molar-refractivity contribution in [1.82, 2.24) is 5.43 Å². The number of nitrogens with one attached hydrogen (secondary N) is 1. The summed E-state index contributed by atoms with van der Waals surface area (Å²) < 4.78 is 0. The zero-order chi connectivity index (χ0) is 15.4. The lowest BCUT2D eigenvalue weighted by molar-refractivity contribution is 0.0955. The Morgan fingerprint density at radius 3 is 2.38 bits per heavy atom. The molecule has 0 saturated carbocycles. The summed E-state index contributed by atoms with van der Waals surface area (Å²) in [7, 11) is 0. The quantitative estimate of drug-likeness (QED) is 0.671. The maximum atomic E-state index is 11.9. The Morgan fingerprint density at radius 1 is 1.10 bits per heavy atom. The Labute approximate surface area is 124 Å². The molecule has 2 rings (SSSR count). The summed E-state index contributed by atoms with van der Waals surface area (Å²) in [4.78, 5) is 11.9. The van der Waals surface area contributed by atoms with Crippen LogP contribution in [0.1, 0.15) is 34.0 Å². The minimum absolute atomic E-state index is 0.126. The smallest absolute Gasteiger partial charge is 0.271 e. The maximum absolute atomic E-state index is 11.9. The highest BCUT2D eigenvalue weighted by molar-refractivity contribution is 6.01. The Balaban J connectivity index is 2.12. The van der Waals surface area contributed by atoms with Gasteiger partial charge in [-0.1, -0.05) is 23.8 Å². The highest BCUT2D eigenvalue weighted by Gasteiger charge is 2.06. The summed E-state index contributed by atoms with van der Waals surface area (Å²) in [5.41, 5.74) is 7.04. The van der Waals surface area contributed by atoms with Gasteiger partial charge in [-0.25, -0.2) is 5.43 Å². The molecule has 0 aliphatic heterocycles. The van der Waals surface area contributed by atoms with Crippen LogP contribution in [0.4, 0.5) is 0 Å². The predicted molar refractivity (Wildman–Crippen MR) is 83.7 cm³/mol. The van der Waals surface area contributed by atoms with E-state index < -0.39 is 0 Å². The van der Waals surface area contributed by atoms with Crippen LogP contribution < -0.4 is 5.43 Å². The number of hydrogen-bond acceptors (Lipinski definition) is 3. The average molecular weight is 282 g/mol. The lowest BCUT2D eigenvalue weighted by atomic mass is 10.0. The van der Waals surface area contributed by atoms with Crippen molar-refractivity contribution >= 4 is 11.6 Å². The van der Waals surface area contributed by atoms with Gasteiger partial charge >= 0.3 is 0 Å². The molecule has 108 valence electrons. The number of aromatic hydroxyl groups is 1. The number of nitrogens with zero attached hydrogens (tertiary/aromatic N) is 1. The van der Waals surface area contributed by atoms with Crippen LogP contribution in [0.2, 0.25) is 0 Å². The van der Waals surface area contributed by atoms with Gasteiger partial charge in [0.05, 0.1) is 5.71 Å². The Kier molecular flexibility index (Phi) is 4.38. The molecule has 21 heavy (non-hydrogen) atoms. The molecule has 0 unspecified atom stereocenters. The fourth-order valence-corrected chi connectivity index (χ4v) is 2.09. The second-order valence-corrected chi connectivity index (χ2v) is 5.00. The minimum Gasteiger partial charge on any atom is -0.508 e. The lowest BCUT2D eigenvalue weighted by Crippen LogP contribution is -2.19. The molecule has 0 aromatic heterocycles. The van der Waals surface area contributed by atoms with Crippen molar-refractivity contribution in [3.05, 3.63) is 64.7 Å². The summed E-state index contributed by atoms with van der Waals surface area (Å²) in [6.07, 6.45) is 0. The third-order valence-electron chi connectivity index (χ3n) is 3.23. The first kappa shape index (κ1) is 14.8. The van der Waals surface area contributed by atoms with Crippen molar-refractivity contribution in [3.8, 4) is 5.75 Å². The highest BCUT2D eigenvalue weighted by atomic mass is 16.3. The summed E-state index contributed by atoms with van der Waals surface area (Å²) in [5.74, 6) is -0.180. The minimum atomic E-state index is -0.306. The Hall–Kier alpha value is -2.62. The molecular weight excluding hydrogens is 264 g/mol. The molecule has 0 radical (unpaired) electrons. The van der Waals surface area contributed by atoms with Gasteiger partial charge in [0.1, 0.15) is 5.75 Å². The molecule has 0 atom stereocenters. The number of hydrazone groups is 1. The van der Waals surface area contributed by atoms with Crippen LogP contribution in [0.5, 0.6) is 5.75 Å². The molecule has 0 fully saturated rings. The topological polar surface area (TPSA) is 61.7 Å². The van der Waals surface area contributed by atoms with Gasteiger partial charge < -0.3 is 5.11 Å². The number of carbonyl (C=O) groups excluding carboxylic acids is 1. The van der Waals surface area contributed by atoms with E-state index in [1.54, 1.807) is 12.1 Å². The van der Waals surface area contributed by atoms with Crippen molar-refractivity contribution < 1.29 is 9.90 Å². The number of rotatable bonds is 3. The van der Waals surface area contributed by atoms with Crippen molar-refractivity contribution in [2.45, 2.75) is 20.8 Å². The van der Waals surface area contributed by atoms with Crippen LogP contribution in [0, 0.1) is 13.8 Å². The van der Waals surface area contributed by atoms with E-state index in [-0.39, 0.29) is 11.7 Å². The number of carbonyl (C=O) groups is 1. The normalized spacial score (nSPS) is 11.3. The number of hydrogen-bond donors (Lipinski definition) is 2. The van der Waals surface area contributed by atoms with Gasteiger partial charge in [0.15, 0.2) is 0 Å². The summed E-state index contributed by atoms with van der Waals surface area (Å²) in [6, 6.07) is 12.1. The van der Waals surface area contributed by atoms with E-state index >= 15 is 0 Å². The molecule has 2 N–H and O–H groups in total. The average Bonchev–Trinajstić information content (AvgIpc) is 2.45. The van der Waals surface area contributed by atoms with Crippen LogP contribution in [0.3, 0.4) is 0 Å². The van der Waals surface area contributed by atoms with E-state index in [0.717, 1.165) is 16.8 Å². The first-order chi connectivity index (χ1) is 9.97. The molecule has 4 nitrogen and oxygen atoms in total. The SMILES string of the molecule is CC(=NNC(=O)c1ccc(O)cc1)c1ccc(C)cc1C. The van der Waals surface area contributed by atoms with Crippen LogP contribution in [-0.2, 0) is 0 Å². The third kappa shape index (κ3) is 3.69. The van der Waals surface area contributed by atoms with Gasteiger partial charge in [-0.05, 0) is 50.6 Å². The molecule has 1 amide bonds. The van der Waals surface area contributed by atoms with Gasteiger partial charge in [-0.15, -0.1) is 0 Å². The fourth-order valence-electron chi connectivity index (χ4n) is 2.09. The lowest BCUT2D eigenvalue weighted by Gasteiger charge is -2.07. The fraction of sp³-hybridized carbons (Fsp3) is 0.176. The predicted octanol–water partition coefficient (Wildman–Crippen LogP) is 3.16. The van der Waals surface area contributed by atoms with E-state index in [0.29, 0.717) is 5.56 Å². The Morgan fingerprint density at radius 2 is 1.76 bits per heavy atom. The zero-order valence-electron chi connectivity index (χ0n) is 12.3. The third-order valence-corrected chi connectivity index (χ3v) is 3.23. The van der Waals surface area contributed by atoms with E-state index in [2.05, 4.69) is 16.6 Å². The number of phenols is 1. The largest absolute Gasteiger partial charge is 0.508 e. The van der Waals surface area contributed by atoms with E-state index in [4.69, 9.17) is 0 Å². The van der Waals surface area contributed by atoms with Crippen molar-refractivity contribution in [2.75, 3.05) is 0 Å². The first-order valence-electron chi connectivity index (χ1n) is 6.68. The van der Waals surface area contributed by atoms with Crippen LogP contribution in [0.25, 0.3) is 0 Å². The first-order valence-corrected chi connectivity index (χ1v) is 6.68. The zero-order valence-corrected chi connectivity index (χ0v) is 12.3. The van der Waals surface area contributed by atoms with Gasteiger partial charge in [-0.3, -0.25) is 4.79 Å². The molecular formula is C17H18N2O2. The molecule has 2 aromatic rings. The summed E-state index contributed by atoms with van der Waals surface area (Å²) >= 11 is 0. The number of benzene rings is 2. The molecule has 4 heteroatoms. The molecule has 0 heterocycles. The van der Waals surface area contributed by atoms with Gasteiger partial charge in [-0.2, -0.15) is 5.10 Å². The molecule has 0 aliphatic rings. The van der Waals surface area contributed by atoms with E-state index in [9.17, 15) is 9.90 Å². The van der Waals surface area contributed by atoms with Gasteiger partial charge in [0.2, 0.25) is 0 Å². The molecule has 0 aliphatic carbocycles. The number of phenolic OH excluding ortho intramolecular Hbond substituents is 1. The summed E-state index contributed by atoms with van der Waals surface area (Å²) in [5, 5.41) is 13.3. The standard InChI is InChI=1S/C17H18N2O2/c1-11-4-9-16(12(2)10-11)13(3)18-19-17(21)14-5-7-15(20)8-6-14/h4-10,20H,1-3H3,(H,19,21). The molecule has 0 saturated heterocycles. The monoisotopic (exact) mass is 282 g/mol. The van der Waals surface area contributed by atoms with Crippen LogP contribution in [-0.4, -0.2) is 16.7 Å². The second kappa shape index (κ2) is 6.22. The van der Waals surface area contributed by atoms with Crippen molar-refractivity contribution in [2.24, 2.45) is 5.10 Å². The Bertz CT molecular complexity index is 688. The molecule has 0 bridgehead atoms. The maximum Gasteiger partial charge on any atom is 0.271 e. The highest BCUT2D eigenvalue weighted by Crippen LogP contribution is 2.12. The summed E-state index contributed by atoms with van der Waals surface area (Å²) in [6.45, 7) is 5.91. The van der Waals surface area contributed by atoms with Gasteiger partial charge in [0.25, 0.3) is 5.91 Å². The number of amides is 1. The second-order valence-electron chi connectivity index (χ2n) is 5.00. The molecule has 2 aromatic carbocycles. The van der Waals surface area contributed by atoms with Crippen LogP contribution >= 0.6 is 0 Å². The number of aryl methyl sites for hydroxylation is 2. The van der Waals surface area contributed by atoms with Crippen molar-refractivity contribution in [1.29, 1.82) is 0 Å².